The van der Waals surface area contributed by atoms with Gasteiger partial charge in [-0.2, -0.15) is 0 Å². The fourth-order valence-corrected chi connectivity index (χ4v) is 4.01. The lowest BCUT2D eigenvalue weighted by Crippen LogP contribution is -2.30. The van der Waals surface area contributed by atoms with Crippen LogP contribution in [0.25, 0.3) is 11.8 Å². The minimum atomic E-state index is -0.635. The zero-order valence-corrected chi connectivity index (χ0v) is 19.3. The Labute approximate surface area is 195 Å². The van der Waals surface area contributed by atoms with E-state index in [2.05, 4.69) is 14.6 Å². The van der Waals surface area contributed by atoms with Crippen molar-refractivity contribution in [2.75, 3.05) is 7.11 Å². The minimum Gasteiger partial charge on any atom is -0.463 e. The number of aryl methyl sites for hydroxylation is 1. The van der Waals surface area contributed by atoms with E-state index in [4.69, 9.17) is 16.0 Å². The van der Waals surface area contributed by atoms with Crippen molar-refractivity contribution in [2.24, 2.45) is 0 Å². The highest BCUT2D eigenvalue weighted by Crippen LogP contribution is 2.28. The Morgan fingerprint density at radius 2 is 1.94 bits per heavy atom. The number of esters is 1. The van der Waals surface area contributed by atoms with Gasteiger partial charge in [-0.1, -0.05) is 17.7 Å². The maximum absolute atomic E-state index is 12.9. The first-order valence-corrected chi connectivity index (χ1v) is 10.5. The van der Waals surface area contributed by atoms with Gasteiger partial charge in [0.25, 0.3) is 5.91 Å². The molecular formula is C24H22ClN3O5. The third-order valence-corrected chi connectivity index (χ3v) is 5.98. The lowest BCUT2D eigenvalue weighted by Gasteiger charge is -2.13. The molecule has 4 rings (SSSR count). The number of carbonyl (C=O) groups excluding carboxylic acids is 3. The molecule has 0 bridgehead atoms. The summed E-state index contributed by atoms with van der Waals surface area (Å²) in [6, 6.07) is 10.0. The van der Waals surface area contributed by atoms with E-state index in [1.54, 1.807) is 6.08 Å². The summed E-state index contributed by atoms with van der Waals surface area (Å²) < 4.78 is 12.0. The second kappa shape index (κ2) is 8.63. The van der Waals surface area contributed by atoms with Crippen molar-refractivity contribution in [3.63, 3.8) is 0 Å². The number of ether oxygens (including phenoxy) is 1. The number of rotatable bonds is 5. The molecule has 3 heterocycles. The maximum Gasteiger partial charge on any atom is 0.373 e. The first-order valence-electron chi connectivity index (χ1n) is 10.2. The van der Waals surface area contributed by atoms with E-state index < -0.39 is 17.9 Å². The number of aromatic nitrogens is 1. The Hall–Kier alpha value is -3.78. The lowest BCUT2D eigenvalue weighted by molar-refractivity contribution is -0.123. The van der Waals surface area contributed by atoms with Crippen LogP contribution < -0.4 is 5.32 Å². The van der Waals surface area contributed by atoms with Crippen LogP contribution in [0.3, 0.4) is 0 Å². The maximum atomic E-state index is 12.9. The average Bonchev–Trinajstić information content (AvgIpc) is 3.44. The fourth-order valence-electron chi connectivity index (χ4n) is 3.84. The molecule has 0 atom stereocenters. The summed E-state index contributed by atoms with van der Waals surface area (Å²) in [4.78, 5) is 37.9. The van der Waals surface area contributed by atoms with Gasteiger partial charge in [0.15, 0.2) is 0 Å². The molecule has 8 nitrogen and oxygen atoms in total. The molecule has 1 aromatic carbocycles. The molecule has 0 saturated carbocycles. The number of nitrogens with zero attached hydrogens (tertiary/aromatic N) is 2. The molecule has 0 radical (unpaired) electrons. The number of furan rings is 1. The summed E-state index contributed by atoms with van der Waals surface area (Å²) in [6.07, 6.45) is 1.65. The van der Waals surface area contributed by atoms with Crippen LogP contribution in [0.2, 0.25) is 5.02 Å². The third-order valence-electron chi connectivity index (χ3n) is 5.57. The van der Waals surface area contributed by atoms with Crippen molar-refractivity contribution in [3.8, 4) is 5.69 Å². The molecule has 2 aromatic heterocycles. The molecular weight excluding hydrogens is 446 g/mol. The predicted molar refractivity (Wildman–Crippen MR) is 122 cm³/mol. The molecule has 0 aliphatic carbocycles. The standard InChI is InChI=1S/C24H22ClN3O5/c1-13-10-16(15(3)28(13)20-7-5-6-18(25)14(20)2)11-19-22(29)27(24(31)26-19)12-17-8-9-21(33-17)23(30)32-4/h5-11H,12H2,1-4H3,(H,26,31)/b19-11-. The number of imide groups is 1. The van der Waals surface area contributed by atoms with Gasteiger partial charge in [0, 0.05) is 22.1 Å². The van der Waals surface area contributed by atoms with Gasteiger partial charge < -0.3 is 19.0 Å². The van der Waals surface area contributed by atoms with Crippen molar-refractivity contribution in [1.82, 2.24) is 14.8 Å². The van der Waals surface area contributed by atoms with Crippen LogP contribution in [-0.2, 0) is 16.1 Å². The summed E-state index contributed by atoms with van der Waals surface area (Å²) in [5.41, 5.74) is 4.71. The number of nitrogens with one attached hydrogen (secondary N) is 1. The van der Waals surface area contributed by atoms with Gasteiger partial charge in [-0.3, -0.25) is 9.69 Å². The van der Waals surface area contributed by atoms with Gasteiger partial charge in [0.1, 0.15) is 11.5 Å². The number of hydrogen-bond acceptors (Lipinski definition) is 5. The van der Waals surface area contributed by atoms with Crippen molar-refractivity contribution >= 4 is 35.6 Å². The van der Waals surface area contributed by atoms with E-state index in [1.807, 2.05) is 45.0 Å². The number of halogens is 1. The summed E-state index contributed by atoms with van der Waals surface area (Å²) in [5.74, 6) is -0.835. The van der Waals surface area contributed by atoms with Crippen LogP contribution in [0.4, 0.5) is 4.79 Å². The number of benzene rings is 1. The number of hydrogen-bond donors (Lipinski definition) is 1. The van der Waals surface area contributed by atoms with Gasteiger partial charge in [-0.15, -0.1) is 0 Å². The molecule has 0 spiro atoms. The SMILES string of the molecule is COC(=O)c1ccc(CN2C(=O)N/C(=C\c3cc(C)n(-c4cccc(Cl)c4C)c3C)C2=O)o1. The van der Waals surface area contributed by atoms with E-state index >= 15 is 0 Å². The molecule has 3 aromatic rings. The van der Waals surface area contributed by atoms with E-state index in [-0.39, 0.29) is 23.8 Å². The molecule has 0 unspecified atom stereocenters. The van der Waals surface area contributed by atoms with Crippen molar-refractivity contribution in [2.45, 2.75) is 27.3 Å². The number of carbonyl (C=O) groups is 3. The molecule has 170 valence electrons. The monoisotopic (exact) mass is 467 g/mol. The van der Waals surface area contributed by atoms with E-state index in [0.29, 0.717) is 5.02 Å². The van der Waals surface area contributed by atoms with Crippen molar-refractivity contribution in [3.05, 3.63) is 81.2 Å². The van der Waals surface area contributed by atoms with E-state index in [1.165, 1.54) is 19.2 Å². The normalized spacial score (nSPS) is 14.8. The molecule has 9 heteroatoms. The predicted octanol–water partition coefficient (Wildman–Crippen LogP) is 4.53. The van der Waals surface area contributed by atoms with E-state index in [9.17, 15) is 14.4 Å². The van der Waals surface area contributed by atoms with Crippen molar-refractivity contribution < 1.29 is 23.5 Å². The summed E-state index contributed by atoms with van der Waals surface area (Å²) in [6.45, 7) is 5.75. The minimum absolute atomic E-state index is 0.000863. The van der Waals surface area contributed by atoms with Gasteiger partial charge >= 0.3 is 12.0 Å². The summed E-state index contributed by atoms with van der Waals surface area (Å²) in [7, 11) is 1.24. The molecule has 1 N–H and O–H groups in total. The topological polar surface area (TPSA) is 93.8 Å². The highest BCUT2D eigenvalue weighted by atomic mass is 35.5. The highest BCUT2D eigenvalue weighted by molar-refractivity contribution is 6.31. The average molecular weight is 468 g/mol. The highest BCUT2D eigenvalue weighted by Gasteiger charge is 2.34. The fraction of sp³-hybridized carbons (Fsp3) is 0.208. The number of methoxy groups -OCH3 is 1. The second-order valence-corrected chi connectivity index (χ2v) is 8.09. The smallest absolute Gasteiger partial charge is 0.373 e. The van der Waals surface area contributed by atoms with Crippen LogP contribution in [0.5, 0.6) is 0 Å². The first kappa shape index (κ1) is 22.4. The third kappa shape index (κ3) is 4.05. The van der Waals surface area contributed by atoms with Crippen molar-refractivity contribution in [1.29, 1.82) is 0 Å². The van der Waals surface area contributed by atoms with Crippen LogP contribution in [-0.4, -0.2) is 34.5 Å². The quantitative estimate of drug-likeness (QED) is 0.338. The van der Waals surface area contributed by atoms with Crippen LogP contribution >= 0.6 is 11.6 Å². The Bertz CT molecular complexity index is 1320. The lowest BCUT2D eigenvalue weighted by atomic mass is 10.2. The zero-order chi connectivity index (χ0) is 23.9. The molecule has 1 aliphatic heterocycles. The van der Waals surface area contributed by atoms with Gasteiger partial charge in [-0.05, 0) is 68.3 Å². The molecule has 1 fully saturated rings. The summed E-state index contributed by atoms with van der Waals surface area (Å²) in [5, 5.41) is 3.28. The second-order valence-electron chi connectivity index (χ2n) is 7.68. The molecule has 33 heavy (non-hydrogen) atoms. The van der Waals surface area contributed by atoms with Gasteiger partial charge in [0.05, 0.1) is 13.7 Å². The number of amides is 3. The van der Waals surface area contributed by atoms with E-state index in [0.717, 1.165) is 33.1 Å². The van der Waals surface area contributed by atoms with Gasteiger partial charge in [0.2, 0.25) is 5.76 Å². The number of urea groups is 1. The van der Waals surface area contributed by atoms with Crippen LogP contribution in [0.15, 0.2) is 46.5 Å². The Kier molecular flexibility index (Phi) is 5.86. The summed E-state index contributed by atoms with van der Waals surface area (Å²) >= 11 is 6.30. The Morgan fingerprint density at radius 3 is 2.67 bits per heavy atom. The van der Waals surface area contributed by atoms with Gasteiger partial charge in [-0.25, -0.2) is 9.59 Å². The molecule has 1 aliphatic rings. The zero-order valence-electron chi connectivity index (χ0n) is 18.6. The Morgan fingerprint density at radius 1 is 1.18 bits per heavy atom. The van der Waals surface area contributed by atoms with Crippen LogP contribution in [0.1, 0.15) is 38.8 Å². The van der Waals surface area contributed by atoms with Crippen LogP contribution in [0, 0.1) is 20.8 Å². The Balaban J connectivity index is 1.61. The largest absolute Gasteiger partial charge is 0.463 e. The molecule has 3 amide bonds. The molecule has 1 saturated heterocycles. The first-order chi connectivity index (χ1) is 15.7.